The van der Waals surface area contributed by atoms with Crippen LogP contribution < -0.4 is 10.6 Å². The van der Waals surface area contributed by atoms with Crippen LogP contribution in [0.5, 0.6) is 0 Å². The van der Waals surface area contributed by atoms with E-state index >= 15 is 0 Å². The molecule has 0 bridgehead atoms. The Labute approximate surface area is 174 Å². The van der Waals surface area contributed by atoms with Gasteiger partial charge in [0.2, 0.25) is 5.91 Å². The zero-order valence-electron chi connectivity index (χ0n) is 18.2. The highest BCUT2D eigenvalue weighted by Crippen LogP contribution is 2.22. The van der Waals surface area contributed by atoms with E-state index in [1.165, 1.54) is 13.5 Å². The van der Waals surface area contributed by atoms with Gasteiger partial charge < -0.3 is 24.8 Å². The first kappa shape index (κ1) is 25.4. The third-order valence-corrected chi connectivity index (χ3v) is 4.81. The predicted molar refractivity (Wildman–Crippen MR) is 109 cm³/mol. The van der Waals surface area contributed by atoms with Crippen LogP contribution in [0.3, 0.4) is 0 Å². The second-order valence-electron chi connectivity index (χ2n) is 7.86. The largest absolute Gasteiger partial charge is 0.469 e. The number of methoxy groups -OCH3 is 1. The molecule has 29 heavy (non-hydrogen) atoms. The standard InChI is InChI=1S/C21H38N2O6/c1-21(2)28-16-17(29-21)20(26)23-15-14-22-18(24)12-10-8-6-4-5-7-9-11-13-19(25)27-3/h17H,4-16H2,1-3H3,(H,22,24)(H,23,26). The van der Waals surface area contributed by atoms with Gasteiger partial charge in [0, 0.05) is 25.9 Å². The van der Waals surface area contributed by atoms with Gasteiger partial charge in [-0.25, -0.2) is 0 Å². The minimum atomic E-state index is -0.722. The van der Waals surface area contributed by atoms with Crippen LogP contribution in [0.2, 0.25) is 0 Å². The van der Waals surface area contributed by atoms with Crippen molar-refractivity contribution in [3.63, 3.8) is 0 Å². The number of nitrogens with one attached hydrogen (secondary N) is 2. The molecule has 2 amide bonds. The summed E-state index contributed by atoms with van der Waals surface area (Å²) in [5.74, 6) is -1.05. The maximum absolute atomic E-state index is 11.9. The first-order valence-corrected chi connectivity index (χ1v) is 10.8. The smallest absolute Gasteiger partial charge is 0.305 e. The number of hydrogen-bond donors (Lipinski definition) is 2. The van der Waals surface area contributed by atoms with E-state index < -0.39 is 11.9 Å². The fourth-order valence-corrected chi connectivity index (χ4v) is 3.12. The van der Waals surface area contributed by atoms with Gasteiger partial charge in [0.25, 0.3) is 5.91 Å². The van der Waals surface area contributed by atoms with Crippen molar-refractivity contribution in [1.82, 2.24) is 10.6 Å². The van der Waals surface area contributed by atoms with E-state index in [0.717, 1.165) is 44.9 Å². The lowest BCUT2D eigenvalue weighted by atomic mass is 10.1. The van der Waals surface area contributed by atoms with Crippen molar-refractivity contribution in [3.8, 4) is 0 Å². The Morgan fingerprint density at radius 3 is 2.00 bits per heavy atom. The molecule has 0 radical (unpaired) electrons. The van der Waals surface area contributed by atoms with Crippen molar-refractivity contribution in [2.75, 3.05) is 26.8 Å². The molecule has 1 aliphatic rings. The maximum atomic E-state index is 11.9. The second kappa shape index (κ2) is 14.3. The molecule has 1 unspecified atom stereocenters. The molecule has 0 spiro atoms. The molecule has 0 saturated carbocycles. The summed E-state index contributed by atoms with van der Waals surface area (Å²) in [7, 11) is 1.42. The molecule has 1 atom stereocenters. The third kappa shape index (κ3) is 12.5. The lowest BCUT2D eigenvalue weighted by Gasteiger charge is -2.16. The van der Waals surface area contributed by atoms with Gasteiger partial charge in [-0.15, -0.1) is 0 Å². The molecule has 1 rings (SSSR count). The Balaban J connectivity index is 1.87. The maximum Gasteiger partial charge on any atom is 0.305 e. The van der Waals surface area contributed by atoms with Gasteiger partial charge in [0.15, 0.2) is 11.9 Å². The van der Waals surface area contributed by atoms with E-state index in [2.05, 4.69) is 15.4 Å². The molecule has 0 aromatic heterocycles. The molecule has 2 N–H and O–H groups in total. The van der Waals surface area contributed by atoms with E-state index in [4.69, 9.17) is 9.47 Å². The molecule has 1 aliphatic heterocycles. The van der Waals surface area contributed by atoms with E-state index in [-0.39, 0.29) is 24.4 Å². The zero-order chi connectivity index (χ0) is 21.5. The Morgan fingerprint density at radius 2 is 1.45 bits per heavy atom. The third-order valence-electron chi connectivity index (χ3n) is 4.81. The summed E-state index contributed by atoms with van der Waals surface area (Å²) >= 11 is 0. The molecule has 168 valence electrons. The normalized spacial score (nSPS) is 17.7. The topological polar surface area (TPSA) is 103 Å². The number of carbonyl (C=O) groups excluding carboxylic acids is 3. The first-order chi connectivity index (χ1) is 13.8. The van der Waals surface area contributed by atoms with Crippen LogP contribution in [0, 0.1) is 0 Å². The van der Waals surface area contributed by atoms with Crippen molar-refractivity contribution in [3.05, 3.63) is 0 Å². The lowest BCUT2D eigenvalue weighted by molar-refractivity contribution is -0.153. The summed E-state index contributed by atoms with van der Waals surface area (Å²) in [6.45, 7) is 4.58. The minimum Gasteiger partial charge on any atom is -0.469 e. The van der Waals surface area contributed by atoms with Gasteiger partial charge in [-0.2, -0.15) is 0 Å². The fourth-order valence-electron chi connectivity index (χ4n) is 3.12. The average molecular weight is 415 g/mol. The highest BCUT2D eigenvalue weighted by Gasteiger charge is 2.36. The molecule has 0 aromatic rings. The van der Waals surface area contributed by atoms with Crippen molar-refractivity contribution in [2.45, 2.75) is 89.9 Å². The summed E-state index contributed by atoms with van der Waals surface area (Å²) in [6.07, 6.45) is 8.90. The van der Waals surface area contributed by atoms with Crippen LogP contribution in [0.25, 0.3) is 0 Å². The monoisotopic (exact) mass is 414 g/mol. The van der Waals surface area contributed by atoms with Crippen LogP contribution in [-0.4, -0.2) is 56.5 Å². The SMILES string of the molecule is COC(=O)CCCCCCCCCCC(=O)NCCNC(=O)C1COC(C)(C)O1. The Hall–Kier alpha value is -1.67. The molecule has 0 aliphatic carbocycles. The first-order valence-electron chi connectivity index (χ1n) is 10.8. The van der Waals surface area contributed by atoms with Crippen molar-refractivity contribution in [1.29, 1.82) is 0 Å². The van der Waals surface area contributed by atoms with Gasteiger partial charge in [-0.1, -0.05) is 38.5 Å². The average Bonchev–Trinajstić information content (AvgIpc) is 3.06. The summed E-state index contributed by atoms with van der Waals surface area (Å²) in [5, 5.41) is 5.57. The van der Waals surface area contributed by atoms with E-state index in [9.17, 15) is 14.4 Å². The van der Waals surface area contributed by atoms with Gasteiger partial charge >= 0.3 is 5.97 Å². The van der Waals surface area contributed by atoms with Crippen molar-refractivity contribution < 1.29 is 28.6 Å². The van der Waals surface area contributed by atoms with Crippen LogP contribution in [-0.2, 0) is 28.6 Å². The highest BCUT2D eigenvalue weighted by atomic mass is 16.7. The Kier molecular flexibility index (Phi) is 12.5. The van der Waals surface area contributed by atoms with Crippen LogP contribution in [0.15, 0.2) is 0 Å². The quantitative estimate of drug-likeness (QED) is 0.315. The minimum absolute atomic E-state index is 0.0173. The number of hydrogen-bond acceptors (Lipinski definition) is 6. The number of carbonyl (C=O) groups is 3. The molecule has 1 saturated heterocycles. The summed E-state index contributed by atoms with van der Waals surface area (Å²) in [5.41, 5.74) is 0. The molecular formula is C21H38N2O6. The molecule has 1 fully saturated rings. The number of esters is 1. The zero-order valence-corrected chi connectivity index (χ0v) is 18.2. The van der Waals surface area contributed by atoms with E-state index in [1.54, 1.807) is 13.8 Å². The van der Waals surface area contributed by atoms with Gasteiger partial charge in [-0.3, -0.25) is 14.4 Å². The van der Waals surface area contributed by atoms with Gasteiger partial charge in [0.05, 0.1) is 13.7 Å². The van der Waals surface area contributed by atoms with Gasteiger partial charge in [0.1, 0.15) is 0 Å². The second-order valence-corrected chi connectivity index (χ2v) is 7.86. The number of ether oxygens (including phenoxy) is 3. The van der Waals surface area contributed by atoms with E-state index in [1.807, 2.05) is 0 Å². The predicted octanol–water partition coefficient (Wildman–Crippen LogP) is 2.44. The molecule has 8 heteroatoms. The molecule has 1 heterocycles. The van der Waals surface area contributed by atoms with Crippen molar-refractivity contribution >= 4 is 17.8 Å². The fraction of sp³-hybridized carbons (Fsp3) is 0.857. The van der Waals surface area contributed by atoms with Crippen molar-refractivity contribution in [2.24, 2.45) is 0 Å². The summed E-state index contributed by atoms with van der Waals surface area (Å²) < 4.78 is 15.4. The van der Waals surface area contributed by atoms with E-state index in [0.29, 0.717) is 25.9 Å². The lowest BCUT2D eigenvalue weighted by Crippen LogP contribution is -2.41. The Bertz CT molecular complexity index is 509. The molecule has 8 nitrogen and oxygen atoms in total. The number of amides is 2. The number of rotatable bonds is 15. The molecule has 0 aromatic carbocycles. The van der Waals surface area contributed by atoms with Crippen LogP contribution in [0.4, 0.5) is 0 Å². The molecular weight excluding hydrogens is 376 g/mol. The number of unbranched alkanes of at least 4 members (excludes halogenated alkanes) is 7. The summed E-state index contributed by atoms with van der Waals surface area (Å²) in [4.78, 5) is 34.7. The highest BCUT2D eigenvalue weighted by molar-refractivity contribution is 5.81. The van der Waals surface area contributed by atoms with Gasteiger partial charge in [-0.05, 0) is 26.7 Å². The van der Waals surface area contributed by atoms with Crippen LogP contribution in [0.1, 0.15) is 78.1 Å². The Morgan fingerprint density at radius 1 is 0.897 bits per heavy atom. The summed E-state index contributed by atoms with van der Waals surface area (Å²) in [6, 6.07) is 0. The van der Waals surface area contributed by atoms with Crippen LogP contribution >= 0.6 is 0 Å².